The highest BCUT2D eigenvalue weighted by atomic mass is 16.5. The van der Waals surface area contributed by atoms with Crippen LogP contribution in [0.15, 0.2) is 48.5 Å². The molecule has 4 nitrogen and oxygen atoms in total. The van der Waals surface area contributed by atoms with Gasteiger partial charge in [0.25, 0.3) is 5.91 Å². The number of carbonyl (C=O) groups excluding carboxylic acids is 2. The van der Waals surface area contributed by atoms with Crippen molar-refractivity contribution in [3.05, 3.63) is 70.8 Å². The summed E-state index contributed by atoms with van der Waals surface area (Å²) >= 11 is 0. The highest BCUT2D eigenvalue weighted by Gasteiger charge is 2.10. The molecule has 0 atom stereocenters. The first-order chi connectivity index (χ1) is 11.1. The van der Waals surface area contributed by atoms with Crippen LogP contribution in [0.3, 0.4) is 0 Å². The molecule has 0 radical (unpaired) electrons. The third-order valence-corrected chi connectivity index (χ3v) is 3.50. The van der Waals surface area contributed by atoms with Crippen molar-refractivity contribution in [1.82, 2.24) is 5.32 Å². The summed E-state index contributed by atoms with van der Waals surface area (Å²) in [7, 11) is 0. The topological polar surface area (TPSA) is 55.4 Å². The van der Waals surface area contributed by atoms with Crippen LogP contribution in [0.4, 0.5) is 0 Å². The van der Waals surface area contributed by atoms with E-state index in [1.165, 1.54) is 0 Å². The van der Waals surface area contributed by atoms with Gasteiger partial charge < -0.3 is 10.1 Å². The molecule has 0 saturated heterocycles. The van der Waals surface area contributed by atoms with Gasteiger partial charge in [-0.1, -0.05) is 48.9 Å². The fourth-order valence-corrected chi connectivity index (χ4v) is 2.16. The second-order valence-electron chi connectivity index (χ2n) is 5.39. The number of benzene rings is 2. The molecule has 1 amide bonds. The van der Waals surface area contributed by atoms with Crippen LogP contribution >= 0.6 is 0 Å². The van der Waals surface area contributed by atoms with Gasteiger partial charge in [0.2, 0.25) is 0 Å². The van der Waals surface area contributed by atoms with Gasteiger partial charge in [-0.15, -0.1) is 0 Å². The molecule has 0 fully saturated rings. The molecule has 0 bridgehead atoms. The van der Waals surface area contributed by atoms with Crippen LogP contribution < -0.4 is 5.32 Å². The molecule has 0 aliphatic carbocycles. The van der Waals surface area contributed by atoms with Gasteiger partial charge >= 0.3 is 5.97 Å². The van der Waals surface area contributed by atoms with Gasteiger partial charge in [0.05, 0.1) is 5.56 Å². The molecular weight excluding hydrogens is 290 g/mol. The fourth-order valence-electron chi connectivity index (χ4n) is 2.16. The maximum absolute atomic E-state index is 11.9. The Bertz CT molecular complexity index is 677. The first kappa shape index (κ1) is 16.7. The zero-order chi connectivity index (χ0) is 16.7. The molecule has 2 aromatic rings. The summed E-state index contributed by atoms with van der Waals surface area (Å²) in [6, 6.07) is 15.1. The number of aryl methyl sites for hydroxylation is 2. The van der Waals surface area contributed by atoms with Gasteiger partial charge in [0.15, 0.2) is 6.61 Å². The predicted molar refractivity (Wildman–Crippen MR) is 89.1 cm³/mol. The number of hydrogen-bond acceptors (Lipinski definition) is 3. The second-order valence-corrected chi connectivity index (χ2v) is 5.39. The fraction of sp³-hybridized carbons (Fsp3) is 0.263. The van der Waals surface area contributed by atoms with E-state index in [9.17, 15) is 9.59 Å². The summed E-state index contributed by atoms with van der Waals surface area (Å²) in [6.07, 6.45) is 0.913. The predicted octanol–water partition coefficient (Wildman–Crippen LogP) is 3.03. The van der Waals surface area contributed by atoms with Crippen LogP contribution in [-0.2, 0) is 22.5 Å². The third-order valence-electron chi connectivity index (χ3n) is 3.50. The van der Waals surface area contributed by atoms with Gasteiger partial charge in [-0.2, -0.15) is 0 Å². The molecule has 0 aliphatic rings. The molecule has 0 spiro atoms. The van der Waals surface area contributed by atoms with Crippen molar-refractivity contribution in [3.63, 3.8) is 0 Å². The third kappa shape index (κ3) is 5.25. The van der Waals surface area contributed by atoms with E-state index in [0.717, 1.165) is 23.1 Å². The van der Waals surface area contributed by atoms with Gasteiger partial charge in [-0.25, -0.2) is 4.79 Å². The van der Waals surface area contributed by atoms with Crippen molar-refractivity contribution in [1.29, 1.82) is 0 Å². The van der Waals surface area contributed by atoms with E-state index in [0.29, 0.717) is 12.1 Å². The standard InChI is InChI=1S/C19H21NO3/c1-3-15-7-9-17(10-8-15)19(22)23-13-18(21)20-12-16-6-4-5-14(2)11-16/h4-11H,3,12-13H2,1-2H3,(H,20,21). The van der Waals surface area contributed by atoms with Gasteiger partial charge in [-0.05, 0) is 36.6 Å². The van der Waals surface area contributed by atoms with Crippen molar-refractivity contribution in [2.75, 3.05) is 6.61 Å². The van der Waals surface area contributed by atoms with Crippen LogP contribution in [-0.4, -0.2) is 18.5 Å². The van der Waals surface area contributed by atoms with Gasteiger partial charge in [0.1, 0.15) is 0 Å². The highest BCUT2D eigenvalue weighted by Crippen LogP contribution is 2.07. The molecule has 0 aromatic heterocycles. The van der Waals surface area contributed by atoms with E-state index < -0.39 is 5.97 Å². The van der Waals surface area contributed by atoms with E-state index >= 15 is 0 Å². The SMILES string of the molecule is CCc1ccc(C(=O)OCC(=O)NCc2cccc(C)c2)cc1. The normalized spacial score (nSPS) is 10.2. The van der Waals surface area contributed by atoms with E-state index in [4.69, 9.17) is 4.74 Å². The Hall–Kier alpha value is -2.62. The van der Waals surface area contributed by atoms with E-state index in [1.54, 1.807) is 12.1 Å². The molecule has 1 N–H and O–H groups in total. The number of esters is 1. The quantitative estimate of drug-likeness (QED) is 0.834. The first-order valence-electron chi connectivity index (χ1n) is 7.67. The molecule has 2 rings (SSSR count). The molecule has 0 aliphatic heterocycles. The highest BCUT2D eigenvalue weighted by molar-refractivity contribution is 5.91. The molecule has 0 saturated carbocycles. The van der Waals surface area contributed by atoms with Crippen LogP contribution in [0.25, 0.3) is 0 Å². The van der Waals surface area contributed by atoms with Crippen LogP contribution in [0.2, 0.25) is 0 Å². The maximum Gasteiger partial charge on any atom is 0.338 e. The molecule has 23 heavy (non-hydrogen) atoms. The number of rotatable bonds is 6. The Labute approximate surface area is 136 Å². The van der Waals surface area contributed by atoms with Crippen LogP contribution in [0.5, 0.6) is 0 Å². The zero-order valence-electron chi connectivity index (χ0n) is 13.5. The average molecular weight is 311 g/mol. The minimum atomic E-state index is -0.488. The number of amides is 1. The number of ether oxygens (including phenoxy) is 1. The summed E-state index contributed by atoms with van der Waals surface area (Å²) < 4.78 is 5.02. The monoisotopic (exact) mass is 311 g/mol. The number of carbonyl (C=O) groups is 2. The summed E-state index contributed by atoms with van der Waals surface area (Å²) in [4.78, 5) is 23.6. The Kier molecular flexibility index (Phi) is 5.92. The Morgan fingerprint density at radius 3 is 2.43 bits per heavy atom. The lowest BCUT2D eigenvalue weighted by atomic mass is 10.1. The summed E-state index contributed by atoms with van der Waals surface area (Å²) in [5.74, 6) is -0.802. The summed E-state index contributed by atoms with van der Waals surface area (Å²) in [5, 5.41) is 2.74. The molecule has 4 heteroatoms. The lowest BCUT2D eigenvalue weighted by molar-refractivity contribution is -0.124. The van der Waals surface area contributed by atoms with Crippen molar-refractivity contribution >= 4 is 11.9 Å². The maximum atomic E-state index is 11.9. The second kappa shape index (κ2) is 8.13. The number of hydrogen-bond donors (Lipinski definition) is 1. The Morgan fingerprint density at radius 1 is 1.04 bits per heavy atom. The molecule has 0 unspecified atom stereocenters. The van der Waals surface area contributed by atoms with Crippen LogP contribution in [0.1, 0.15) is 34.0 Å². The Balaban J connectivity index is 1.78. The van der Waals surface area contributed by atoms with Crippen LogP contribution in [0, 0.1) is 6.92 Å². The lowest BCUT2D eigenvalue weighted by Crippen LogP contribution is -2.28. The average Bonchev–Trinajstić information content (AvgIpc) is 2.58. The van der Waals surface area contributed by atoms with E-state index in [1.807, 2.05) is 50.2 Å². The lowest BCUT2D eigenvalue weighted by Gasteiger charge is -2.07. The van der Waals surface area contributed by atoms with Crippen molar-refractivity contribution in [2.24, 2.45) is 0 Å². The molecule has 2 aromatic carbocycles. The summed E-state index contributed by atoms with van der Waals surface area (Å²) in [6.45, 7) is 4.19. The smallest absolute Gasteiger partial charge is 0.338 e. The zero-order valence-corrected chi connectivity index (χ0v) is 13.5. The van der Waals surface area contributed by atoms with Crippen molar-refractivity contribution < 1.29 is 14.3 Å². The van der Waals surface area contributed by atoms with Crippen molar-refractivity contribution in [3.8, 4) is 0 Å². The minimum Gasteiger partial charge on any atom is -0.452 e. The van der Waals surface area contributed by atoms with Gasteiger partial charge in [-0.3, -0.25) is 4.79 Å². The van der Waals surface area contributed by atoms with E-state index in [2.05, 4.69) is 5.32 Å². The summed E-state index contributed by atoms with van der Waals surface area (Å²) in [5.41, 5.74) is 3.75. The Morgan fingerprint density at radius 2 is 1.78 bits per heavy atom. The minimum absolute atomic E-state index is 0.278. The molecular formula is C19H21NO3. The van der Waals surface area contributed by atoms with Gasteiger partial charge in [0, 0.05) is 6.54 Å². The van der Waals surface area contributed by atoms with E-state index in [-0.39, 0.29) is 12.5 Å². The molecule has 120 valence electrons. The number of nitrogens with one attached hydrogen (secondary N) is 1. The van der Waals surface area contributed by atoms with Crippen molar-refractivity contribution in [2.45, 2.75) is 26.8 Å². The largest absolute Gasteiger partial charge is 0.452 e. The molecule has 0 heterocycles. The first-order valence-corrected chi connectivity index (χ1v) is 7.67.